The second-order valence-electron chi connectivity index (χ2n) is 5.49. The SMILES string of the molecule is CCOC(=O)C(C)(C)CCC[C@@H](Br)c1ccccc1Cl. The minimum absolute atomic E-state index is 0.121. The van der Waals surface area contributed by atoms with Crippen molar-refractivity contribution in [2.75, 3.05) is 6.61 Å². The Morgan fingerprint density at radius 2 is 2.05 bits per heavy atom. The van der Waals surface area contributed by atoms with Crippen molar-refractivity contribution >= 4 is 33.5 Å². The summed E-state index contributed by atoms with van der Waals surface area (Å²) in [6, 6.07) is 7.83. The van der Waals surface area contributed by atoms with Gasteiger partial charge in [-0.15, -0.1) is 0 Å². The molecule has 0 unspecified atom stereocenters. The van der Waals surface area contributed by atoms with E-state index in [1.54, 1.807) is 0 Å². The molecule has 0 aliphatic carbocycles. The maximum Gasteiger partial charge on any atom is 0.311 e. The molecule has 0 bridgehead atoms. The van der Waals surface area contributed by atoms with Crippen molar-refractivity contribution in [3.8, 4) is 0 Å². The van der Waals surface area contributed by atoms with Gasteiger partial charge in [-0.3, -0.25) is 4.79 Å². The second kappa shape index (κ2) is 8.04. The van der Waals surface area contributed by atoms with Crippen LogP contribution in [0.1, 0.15) is 50.4 Å². The molecule has 1 aromatic rings. The van der Waals surface area contributed by atoms with Crippen molar-refractivity contribution < 1.29 is 9.53 Å². The van der Waals surface area contributed by atoms with E-state index in [4.69, 9.17) is 16.3 Å². The largest absolute Gasteiger partial charge is 0.466 e. The van der Waals surface area contributed by atoms with Crippen LogP contribution in [0.15, 0.2) is 24.3 Å². The molecule has 4 heteroatoms. The fraction of sp³-hybridized carbons (Fsp3) is 0.562. The van der Waals surface area contributed by atoms with Crippen LogP contribution >= 0.6 is 27.5 Å². The van der Waals surface area contributed by atoms with Gasteiger partial charge in [0.15, 0.2) is 0 Å². The minimum Gasteiger partial charge on any atom is -0.466 e. The summed E-state index contributed by atoms with van der Waals surface area (Å²) >= 11 is 9.85. The molecule has 0 aliphatic rings. The Hall–Kier alpha value is -0.540. The van der Waals surface area contributed by atoms with E-state index in [1.165, 1.54) is 0 Å². The van der Waals surface area contributed by atoms with Crippen LogP contribution in [0, 0.1) is 5.41 Å². The fourth-order valence-corrected chi connectivity index (χ4v) is 3.16. The number of ether oxygens (including phenoxy) is 1. The number of rotatable bonds is 7. The Balaban J connectivity index is 2.48. The average Bonchev–Trinajstić information content (AvgIpc) is 2.39. The standard InChI is InChI=1S/C16H22BrClO2/c1-4-20-15(19)16(2,3)11-7-9-13(17)12-8-5-6-10-14(12)18/h5-6,8,10,13H,4,7,9,11H2,1-3H3/t13-/m1/s1. The molecule has 0 fully saturated rings. The number of carbonyl (C=O) groups is 1. The number of carbonyl (C=O) groups excluding carboxylic acids is 1. The molecule has 0 amide bonds. The molecular weight excluding hydrogens is 340 g/mol. The first-order chi connectivity index (χ1) is 9.38. The molecule has 0 spiro atoms. The van der Waals surface area contributed by atoms with E-state index < -0.39 is 5.41 Å². The van der Waals surface area contributed by atoms with E-state index in [2.05, 4.69) is 15.9 Å². The average molecular weight is 362 g/mol. The Morgan fingerprint density at radius 1 is 1.40 bits per heavy atom. The first-order valence-corrected chi connectivity index (χ1v) is 8.23. The summed E-state index contributed by atoms with van der Waals surface area (Å²) in [6.45, 7) is 6.14. The predicted molar refractivity (Wildman–Crippen MR) is 87.4 cm³/mol. The maximum absolute atomic E-state index is 11.8. The lowest BCUT2D eigenvalue weighted by Gasteiger charge is -2.22. The van der Waals surface area contributed by atoms with E-state index in [-0.39, 0.29) is 10.8 Å². The molecule has 0 aromatic heterocycles. The van der Waals surface area contributed by atoms with Gasteiger partial charge in [-0.05, 0) is 45.2 Å². The lowest BCUT2D eigenvalue weighted by Crippen LogP contribution is -2.26. The molecule has 1 aromatic carbocycles. The van der Waals surface area contributed by atoms with Crippen molar-refractivity contribution in [2.45, 2.75) is 44.9 Å². The van der Waals surface area contributed by atoms with Gasteiger partial charge in [-0.25, -0.2) is 0 Å². The maximum atomic E-state index is 11.8. The highest BCUT2D eigenvalue weighted by molar-refractivity contribution is 9.09. The Morgan fingerprint density at radius 3 is 2.65 bits per heavy atom. The zero-order valence-electron chi connectivity index (χ0n) is 12.3. The van der Waals surface area contributed by atoms with Gasteiger partial charge in [0.1, 0.15) is 0 Å². The van der Waals surface area contributed by atoms with Crippen LogP contribution in [0.4, 0.5) is 0 Å². The van der Waals surface area contributed by atoms with Gasteiger partial charge in [0.25, 0.3) is 0 Å². The van der Waals surface area contributed by atoms with E-state index in [9.17, 15) is 4.79 Å². The monoisotopic (exact) mass is 360 g/mol. The predicted octanol–water partition coefficient (Wildman–Crippen LogP) is 5.54. The Kier molecular flexibility index (Phi) is 7.04. The highest BCUT2D eigenvalue weighted by Gasteiger charge is 2.28. The molecule has 20 heavy (non-hydrogen) atoms. The summed E-state index contributed by atoms with van der Waals surface area (Å²) in [6.07, 6.45) is 2.68. The molecule has 0 aliphatic heterocycles. The van der Waals surface area contributed by atoms with Gasteiger partial charge < -0.3 is 4.74 Å². The van der Waals surface area contributed by atoms with Gasteiger partial charge in [0, 0.05) is 9.85 Å². The third kappa shape index (κ3) is 5.10. The van der Waals surface area contributed by atoms with Crippen molar-refractivity contribution in [1.82, 2.24) is 0 Å². The number of esters is 1. The number of alkyl halides is 1. The lowest BCUT2D eigenvalue weighted by atomic mass is 9.86. The van der Waals surface area contributed by atoms with Gasteiger partial charge in [-0.1, -0.05) is 52.2 Å². The van der Waals surface area contributed by atoms with Crippen LogP contribution in [0.2, 0.25) is 5.02 Å². The normalized spacial score (nSPS) is 13.1. The van der Waals surface area contributed by atoms with Crippen LogP contribution in [0.5, 0.6) is 0 Å². The third-order valence-electron chi connectivity index (χ3n) is 3.33. The number of halogens is 2. The summed E-state index contributed by atoms with van der Waals surface area (Å²) in [5.74, 6) is -0.121. The minimum atomic E-state index is -0.427. The van der Waals surface area contributed by atoms with Crippen LogP contribution in [-0.2, 0) is 9.53 Å². The summed E-state index contributed by atoms with van der Waals surface area (Å²) in [5.41, 5.74) is 0.673. The zero-order valence-corrected chi connectivity index (χ0v) is 14.6. The molecule has 1 rings (SSSR count). The van der Waals surface area contributed by atoms with Crippen molar-refractivity contribution in [1.29, 1.82) is 0 Å². The third-order valence-corrected chi connectivity index (χ3v) is 4.63. The molecule has 2 nitrogen and oxygen atoms in total. The van der Waals surface area contributed by atoms with E-state index >= 15 is 0 Å². The van der Waals surface area contributed by atoms with Gasteiger partial charge in [0.2, 0.25) is 0 Å². The summed E-state index contributed by atoms with van der Waals surface area (Å²) in [5, 5.41) is 0.777. The van der Waals surface area contributed by atoms with Crippen LogP contribution in [0.3, 0.4) is 0 Å². The summed E-state index contributed by atoms with van der Waals surface area (Å²) in [4.78, 5) is 12.0. The molecule has 0 saturated heterocycles. The molecular formula is C16H22BrClO2. The smallest absolute Gasteiger partial charge is 0.311 e. The second-order valence-corrected chi connectivity index (χ2v) is 7.00. The molecule has 1 atom stereocenters. The van der Waals surface area contributed by atoms with Crippen LogP contribution in [-0.4, -0.2) is 12.6 Å². The van der Waals surface area contributed by atoms with Gasteiger partial charge >= 0.3 is 5.97 Å². The highest BCUT2D eigenvalue weighted by Crippen LogP contribution is 2.35. The quantitative estimate of drug-likeness (QED) is 0.471. The van der Waals surface area contributed by atoms with E-state index in [0.717, 1.165) is 29.8 Å². The van der Waals surface area contributed by atoms with Crippen LogP contribution < -0.4 is 0 Å². The molecule has 112 valence electrons. The molecule has 0 radical (unpaired) electrons. The topological polar surface area (TPSA) is 26.3 Å². The molecule has 0 heterocycles. The van der Waals surface area contributed by atoms with Crippen molar-refractivity contribution in [3.05, 3.63) is 34.9 Å². The number of benzene rings is 1. The number of hydrogen-bond donors (Lipinski definition) is 0. The van der Waals surface area contributed by atoms with Gasteiger partial charge in [0.05, 0.1) is 12.0 Å². The zero-order chi connectivity index (χ0) is 15.2. The van der Waals surface area contributed by atoms with E-state index in [0.29, 0.717) is 6.61 Å². The lowest BCUT2D eigenvalue weighted by molar-refractivity contribution is -0.153. The Labute approximate surface area is 135 Å². The fourth-order valence-electron chi connectivity index (χ4n) is 2.04. The Bertz CT molecular complexity index is 446. The molecule has 0 N–H and O–H groups in total. The first-order valence-electron chi connectivity index (χ1n) is 6.94. The van der Waals surface area contributed by atoms with Crippen molar-refractivity contribution in [3.63, 3.8) is 0 Å². The van der Waals surface area contributed by atoms with Gasteiger partial charge in [-0.2, -0.15) is 0 Å². The summed E-state index contributed by atoms with van der Waals surface area (Å²) in [7, 11) is 0. The summed E-state index contributed by atoms with van der Waals surface area (Å²) < 4.78 is 5.10. The molecule has 0 saturated carbocycles. The highest BCUT2D eigenvalue weighted by atomic mass is 79.9. The number of hydrogen-bond acceptors (Lipinski definition) is 2. The van der Waals surface area contributed by atoms with Crippen molar-refractivity contribution in [2.24, 2.45) is 5.41 Å². The van der Waals surface area contributed by atoms with Crippen LogP contribution in [0.25, 0.3) is 0 Å². The van der Waals surface area contributed by atoms with E-state index in [1.807, 2.05) is 45.0 Å². The first kappa shape index (κ1) is 17.5.